The number of carboxylic acid groups (broad SMARTS) is 1. The van der Waals surface area contributed by atoms with Gasteiger partial charge in [-0.1, -0.05) is 42.1 Å². The van der Waals surface area contributed by atoms with Gasteiger partial charge in [-0.2, -0.15) is 4.98 Å². The molecule has 1 aliphatic rings. The smallest absolute Gasteiger partial charge is 0.404 e. The van der Waals surface area contributed by atoms with Crippen molar-refractivity contribution in [2.24, 2.45) is 5.92 Å². The zero-order valence-corrected chi connectivity index (χ0v) is 20.9. The lowest BCUT2D eigenvalue weighted by molar-refractivity contribution is -0.384. The molecule has 11 nitrogen and oxygen atoms in total. The zero-order chi connectivity index (χ0) is 26.2. The first-order chi connectivity index (χ1) is 17.9. The van der Waals surface area contributed by atoms with Crippen molar-refractivity contribution in [2.45, 2.75) is 48.1 Å². The zero-order valence-electron chi connectivity index (χ0n) is 20.1. The van der Waals surface area contributed by atoms with E-state index in [1.54, 1.807) is 11.8 Å². The molecule has 4 rings (SSSR count). The molecule has 12 heteroatoms. The van der Waals surface area contributed by atoms with Crippen LogP contribution in [0.4, 0.5) is 27.9 Å². The van der Waals surface area contributed by atoms with Crippen molar-refractivity contribution in [3.05, 3.63) is 70.4 Å². The number of nitrogens with two attached hydrogens (primary N) is 1. The van der Waals surface area contributed by atoms with Gasteiger partial charge in [0.15, 0.2) is 0 Å². The van der Waals surface area contributed by atoms with Gasteiger partial charge in [0.2, 0.25) is 11.8 Å². The number of para-hydroxylation sites is 1. The first kappa shape index (κ1) is 26.0. The van der Waals surface area contributed by atoms with Gasteiger partial charge in [0, 0.05) is 34.6 Å². The van der Waals surface area contributed by atoms with Crippen molar-refractivity contribution in [3.8, 4) is 0 Å². The topological polar surface area (TPSA) is 168 Å². The lowest BCUT2D eigenvalue weighted by Crippen LogP contribution is -2.37. The van der Waals surface area contributed by atoms with Crippen LogP contribution in [0.5, 0.6) is 0 Å². The number of hydrogen-bond acceptors (Lipinski definition) is 9. The molecule has 1 aromatic heterocycles. The molecule has 2 aromatic carbocycles. The molecule has 0 radical (unpaired) electrons. The number of anilines is 3. The second-order valence-electron chi connectivity index (χ2n) is 8.83. The third-order valence-electron chi connectivity index (χ3n) is 6.25. The molecule has 1 aliphatic carbocycles. The summed E-state index contributed by atoms with van der Waals surface area (Å²) in [5, 5.41) is 29.3. The van der Waals surface area contributed by atoms with Crippen LogP contribution in [0.15, 0.2) is 64.5 Å². The average molecular weight is 524 g/mol. The number of amides is 1. The highest BCUT2D eigenvalue weighted by Crippen LogP contribution is 2.34. The Labute approximate surface area is 218 Å². The first-order valence-electron chi connectivity index (χ1n) is 12.0. The summed E-state index contributed by atoms with van der Waals surface area (Å²) in [5.74, 6) is 0.710. The van der Waals surface area contributed by atoms with Gasteiger partial charge < -0.3 is 26.8 Å². The van der Waals surface area contributed by atoms with E-state index < -0.39 is 11.0 Å². The number of carbonyl (C=O) groups is 1. The molecule has 1 saturated carbocycles. The van der Waals surface area contributed by atoms with E-state index >= 15 is 0 Å². The highest BCUT2D eigenvalue weighted by Gasteiger charge is 2.24. The van der Waals surface area contributed by atoms with Crippen molar-refractivity contribution in [3.63, 3.8) is 0 Å². The molecule has 0 spiro atoms. The molecule has 37 heavy (non-hydrogen) atoms. The summed E-state index contributed by atoms with van der Waals surface area (Å²) in [6, 6.07) is 15.5. The minimum atomic E-state index is -1.01. The summed E-state index contributed by atoms with van der Waals surface area (Å²) in [6.45, 7) is 0.933. The van der Waals surface area contributed by atoms with Crippen molar-refractivity contribution >= 4 is 41.0 Å². The maximum absolute atomic E-state index is 11.5. The van der Waals surface area contributed by atoms with E-state index in [0.717, 1.165) is 41.0 Å². The van der Waals surface area contributed by atoms with Crippen molar-refractivity contribution < 1.29 is 14.8 Å². The van der Waals surface area contributed by atoms with Crippen LogP contribution in [0, 0.1) is 16.0 Å². The van der Waals surface area contributed by atoms with E-state index in [0.29, 0.717) is 18.8 Å². The Bertz CT molecular complexity index is 1250. The monoisotopic (exact) mass is 523 g/mol. The summed E-state index contributed by atoms with van der Waals surface area (Å²) in [4.78, 5) is 32.4. The van der Waals surface area contributed by atoms with Gasteiger partial charge in [0.05, 0.1) is 4.92 Å². The van der Waals surface area contributed by atoms with Crippen molar-refractivity contribution in [2.75, 3.05) is 22.9 Å². The first-order valence-corrected chi connectivity index (χ1v) is 12.8. The van der Waals surface area contributed by atoms with E-state index in [4.69, 9.17) is 10.8 Å². The van der Waals surface area contributed by atoms with Crippen molar-refractivity contribution in [1.82, 2.24) is 15.3 Å². The summed E-state index contributed by atoms with van der Waals surface area (Å²) in [5.41, 5.74) is 7.63. The van der Waals surface area contributed by atoms with Crippen LogP contribution in [0.2, 0.25) is 0 Å². The Kier molecular flexibility index (Phi) is 8.62. The van der Waals surface area contributed by atoms with Crippen LogP contribution in [0.3, 0.4) is 0 Å². The SMILES string of the molecule is Nc1ccccc1Sc1ccccc1CNc1ncc([N+](=O)[O-])c(NCC2CCC(NC(=O)O)CC2)n1. The second kappa shape index (κ2) is 12.3. The van der Waals surface area contributed by atoms with E-state index in [9.17, 15) is 14.9 Å². The van der Waals surface area contributed by atoms with Gasteiger partial charge in [-0.15, -0.1) is 0 Å². The minimum absolute atomic E-state index is 0.0442. The molecule has 6 N–H and O–H groups in total. The number of nitrogen functional groups attached to an aromatic ring is 1. The molecule has 0 bridgehead atoms. The number of nitro groups is 1. The largest absolute Gasteiger partial charge is 0.465 e. The van der Waals surface area contributed by atoms with Crippen LogP contribution in [-0.2, 0) is 6.54 Å². The maximum Gasteiger partial charge on any atom is 0.404 e. The number of nitrogens with zero attached hydrogens (tertiary/aromatic N) is 3. The second-order valence-corrected chi connectivity index (χ2v) is 9.92. The summed E-state index contributed by atoms with van der Waals surface area (Å²) in [6.07, 6.45) is 3.32. The molecule has 1 amide bonds. The average Bonchev–Trinajstić information content (AvgIpc) is 2.88. The standard InChI is InChI=1S/C25H29N7O4S/c26-19-6-2-4-8-22(19)37-21-7-3-1-5-17(21)14-28-24-29-15-20(32(35)36)23(31-24)27-13-16-9-11-18(12-10-16)30-25(33)34/h1-8,15-16,18,30H,9-14,26H2,(H,33,34)(H2,27,28,29,31). The minimum Gasteiger partial charge on any atom is -0.465 e. The number of nitrogens with one attached hydrogen (secondary N) is 3. The van der Waals surface area contributed by atoms with Gasteiger partial charge >= 0.3 is 11.8 Å². The Hall–Kier alpha value is -4.06. The third-order valence-corrected chi connectivity index (χ3v) is 7.46. The molecule has 0 saturated heterocycles. The van der Waals surface area contributed by atoms with E-state index in [1.807, 2.05) is 48.5 Å². The molecule has 3 aromatic rings. The van der Waals surface area contributed by atoms with Gasteiger partial charge in [0.1, 0.15) is 6.20 Å². The molecule has 194 valence electrons. The van der Waals surface area contributed by atoms with Crippen LogP contribution in [0.25, 0.3) is 0 Å². The molecule has 0 aliphatic heterocycles. The fourth-order valence-corrected chi connectivity index (χ4v) is 5.25. The van der Waals surface area contributed by atoms with E-state index in [1.165, 1.54) is 6.20 Å². The van der Waals surface area contributed by atoms with Crippen molar-refractivity contribution in [1.29, 1.82) is 0 Å². The number of rotatable bonds is 10. The van der Waals surface area contributed by atoms with E-state index in [2.05, 4.69) is 25.9 Å². The highest BCUT2D eigenvalue weighted by molar-refractivity contribution is 7.99. The molecule has 1 heterocycles. The Morgan fingerprint density at radius 1 is 1.08 bits per heavy atom. The molecule has 0 atom stereocenters. The Morgan fingerprint density at radius 3 is 2.49 bits per heavy atom. The lowest BCUT2D eigenvalue weighted by atomic mass is 9.86. The highest BCUT2D eigenvalue weighted by atomic mass is 32.2. The fraction of sp³-hybridized carbons (Fsp3) is 0.320. The maximum atomic E-state index is 11.5. The van der Waals surface area contributed by atoms with Gasteiger partial charge in [-0.25, -0.2) is 9.78 Å². The molecule has 1 fully saturated rings. The van der Waals surface area contributed by atoms with Gasteiger partial charge in [0.25, 0.3) is 0 Å². The van der Waals surface area contributed by atoms with E-state index in [-0.39, 0.29) is 29.4 Å². The lowest BCUT2D eigenvalue weighted by Gasteiger charge is -2.28. The molecule has 0 unspecified atom stereocenters. The predicted octanol–water partition coefficient (Wildman–Crippen LogP) is 4.97. The fourth-order valence-electron chi connectivity index (χ4n) is 4.27. The summed E-state index contributed by atoms with van der Waals surface area (Å²) < 4.78 is 0. The molecular weight excluding hydrogens is 494 g/mol. The van der Waals surface area contributed by atoms with Crippen LogP contribution in [-0.4, -0.2) is 38.7 Å². The van der Waals surface area contributed by atoms with Gasteiger partial charge in [-0.05, 0) is 55.4 Å². The number of aromatic nitrogens is 2. The quantitative estimate of drug-likeness (QED) is 0.139. The third kappa shape index (κ3) is 7.23. The van der Waals surface area contributed by atoms with Crippen LogP contribution < -0.4 is 21.7 Å². The number of benzene rings is 2. The molecular formula is C25H29N7O4S. The normalized spacial score (nSPS) is 17.1. The Morgan fingerprint density at radius 2 is 1.78 bits per heavy atom. The Balaban J connectivity index is 1.40. The summed E-state index contributed by atoms with van der Waals surface area (Å²) in [7, 11) is 0. The van der Waals surface area contributed by atoms with Crippen LogP contribution >= 0.6 is 11.8 Å². The number of hydrogen-bond donors (Lipinski definition) is 5. The summed E-state index contributed by atoms with van der Waals surface area (Å²) >= 11 is 1.57. The van der Waals surface area contributed by atoms with Gasteiger partial charge in [-0.3, -0.25) is 10.1 Å². The predicted molar refractivity (Wildman–Crippen MR) is 143 cm³/mol. The van der Waals surface area contributed by atoms with Crippen LogP contribution in [0.1, 0.15) is 31.2 Å².